The quantitative estimate of drug-likeness (QED) is 0.476. The molecule has 1 aliphatic rings. The smallest absolute Gasteiger partial charge is 0.351 e. The average molecular weight is 243 g/mol. The largest absolute Gasteiger partial charge is 0.388 e. The summed E-state index contributed by atoms with van der Waals surface area (Å²) in [5, 5.41) is 27.8. The van der Waals surface area contributed by atoms with Crippen LogP contribution >= 0.6 is 0 Å². The lowest BCUT2D eigenvalue weighted by Crippen LogP contribution is -2.35. The molecule has 1 aromatic rings. The summed E-state index contributed by atoms with van der Waals surface area (Å²) in [5.41, 5.74) is 1.04. The van der Waals surface area contributed by atoms with Crippen molar-refractivity contribution in [3.8, 4) is 0 Å². The molecule has 8 nitrogen and oxygen atoms in total. The number of aliphatic hydroxyl groups excluding tert-OH is 2. The summed E-state index contributed by atoms with van der Waals surface area (Å²) in [6, 6.07) is 1.34. The SMILES string of the molecule is C[C@H]1O[C@@H](n2ccc(NO)nc2=O)[C@@H](O)C1O. The molecule has 1 aliphatic heterocycles. The summed E-state index contributed by atoms with van der Waals surface area (Å²) in [7, 11) is 0. The first-order valence-electron chi connectivity index (χ1n) is 5.05. The summed E-state index contributed by atoms with van der Waals surface area (Å²) >= 11 is 0. The topological polar surface area (TPSA) is 117 Å². The van der Waals surface area contributed by atoms with E-state index in [0.717, 1.165) is 4.57 Å². The fourth-order valence-corrected chi connectivity index (χ4v) is 1.73. The summed E-state index contributed by atoms with van der Waals surface area (Å²) in [6.45, 7) is 1.59. The van der Waals surface area contributed by atoms with E-state index in [1.54, 1.807) is 12.4 Å². The summed E-state index contributed by atoms with van der Waals surface area (Å²) in [6.07, 6.45) is -2.49. The van der Waals surface area contributed by atoms with E-state index in [2.05, 4.69) is 4.98 Å². The van der Waals surface area contributed by atoms with Gasteiger partial charge in [0, 0.05) is 6.20 Å². The number of hydrogen-bond acceptors (Lipinski definition) is 7. The minimum atomic E-state index is -1.20. The summed E-state index contributed by atoms with van der Waals surface area (Å²) in [5.74, 6) is -0.00710. The van der Waals surface area contributed by atoms with Crippen LogP contribution in [-0.4, -0.2) is 43.3 Å². The van der Waals surface area contributed by atoms with Crippen LogP contribution in [0.25, 0.3) is 0 Å². The van der Waals surface area contributed by atoms with Crippen LogP contribution in [0.4, 0.5) is 5.82 Å². The number of hydrogen-bond donors (Lipinski definition) is 4. The lowest BCUT2D eigenvalue weighted by atomic mass is 10.1. The van der Waals surface area contributed by atoms with E-state index in [1.807, 2.05) is 0 Å². The molecular formula is C9H13N3O5. The Labute approximate surface area is 96.1 Å². The minimum Gasteiger partial charge on any atom is -0.388 e. The van der Waals surface area contributed by atoms with Gasteiger partial charge in [-0.05, 0) is 13.0 Å². The number of nitrogens with one attached hydrogen (secondary N) is 1. The van der Waals surface area contributed by atoms with Crippen molar-refractivity contribution < 1.29 is 20.2 Å². The van der Waals surface area contributed by atoms with Gasteiger partial charge in [0.1, 0.15) is 12.2 Å². The molecule has 1 aromatic heterocycles. The Kier molecular flexibility index (Phi) is 3.11. The number of aromatic nitrogens is 2. The molecule has 0 aliphatic carbocycles. The molecule has 0 bridgehead atoms. The van der Waals surface area contributed by atoms with E-state index in [-0.39, 0.29) is 5.82 Å². The van der Waals surface area contributed by atoms with Gasteiger partial charge in [-0.3, -0.25) is 15.3 Å². The van der Waals surface area contributed by atoms with Crippen molar-refractivity contribution in [1.29, 1.82) is 0 Å². The maximum Gasteiger partial charge on any atom is 0.351 e. The highest BCUT2D eigenvalue weighted by Gasteiger charge is 2.41. The summed E-state index contributed by atoms with van der Waals surface area (Å²) in [4.78, 5) is 15.1. The zero-order valence-electron chi connectivity index (χ0n) is 9.02. The van der Waals surface area contributed by atoms with Crippen LogP contribution < -0.4 is 11.2 Å². The third-order valence-electron chi connectivity index (χ3n) is 2.70. The molecular weight excluding hydrogens is 230 g/mol. The van der Waals surface area contributed by atoms with Gasteiger partial charge in [0.2, 0.25) is 0 Å². The molecule has 0 spiro atoms. The monoisotopic (exact) mass is 243 g/mol. The van der Waals surface area contributed by atoms with Gasteiger partial charge in [0.15, 0.2) is 12.0 Å². The van der Waals surface area contributed by atoms with E-state index in [0.29, 0.717) is 0 Å². The predicted octanol–water partition coefficient (Wildman–Crippen LogP) is -1.32. The molecule has 0 aromatic carbocycles. The van der Waals surface area contributed by atoms with Crippen LogP contribution in [0.2, 0.25) is 0 Å². The maximum absolute atomic E-state index is 11.6. The van der Waals surface area contributed by atoms with Gasteiger partial charge < -0.3 is 14.9 Å². The molecule has 0 radical (unpaired) electrons. The van der Waals surface area contributed by atoms with E-state index < -0.39 is 30.2 Å². The molecule has 2 heterocycles. The number of rotatable bonds is 2. The molecule has 2 rings (SSSR count). The Morgan fingerprint density at radius 1 is 1.47 bits per heavy atom. The van der Waals surface area contributed by atoms with Gasteiger partial charge in [-0.25, -0.2) is 4.79 Å². The molecule has 0 saturated carbocycles. The molecule has 4 atom stereocenters. The van der Waals surface area contributed by atoms with Crippen molar-refractivity contribution in [1.82, 2.24) is 9.55 Å². The Balaban J connectivity index is 2.32. The first kappa shape index (κ1) is 12.0. The van der Waals surface area contributed by atoms with Crippen molar-refractivity contribution in [3.63, 3.8) is 0 Å². The van der Waals surface area contributed by atoms with Crippen LogP contribution in [-0.2, 0) is 4.74 Å². The number of aliphatic hydroxyl groups is 2. The fraction of sp³-hybridized carbons (Fsp3) is 0.556. The molecule has 94 valence electrons. The fourth-order valence-electron chi connectivity index (χ4n) is 1.73. The zero-order valence-corrected chi connectivity index (χ0v) is 9.02. The predicted molar refractivity (Wildman–Crippen MR) is 55.5 cm³/mol. The number of nitrogens with zero attached hydrogens (tertiary/aromatic N) is 2. The van der Waals surface area contributed by atoms with Gasteiger partial charge in [0.05, 0.1) is 6.10 Å². The van der Waals surface area contributed by atoms with E-state index in [9.17, 15) is 15.0 Å². The van der Waals surface area contributed by atoms with E-state index in [1.165, 1.54) is 12.3 Å². The lowest BCUT2D eigenvalue weighted by Gasteiger charge is -2.16. The van der Waals surface area contributed by atoms with Crippen molar-refractivity contribution in [2.75, 3.05) is 5.48 Å². The lowest BCUT2D eigenvalue weighted by molar-refractivity contribution is -0.0350. The van der Waals surface area contributed by atoms with E-state index >= 15 is 0 Å². The highest BCUT2D eigenvalue weighted by Crippen LogP contribution is 2.27. The Morgan fingerprint density at radius 3 is 2.65 bits per heavy atom. The third kappa shape index (κ3) is 2.03. The Hall–Kier alpha value is -1.48. The molecule has 17 heavy (non-hydrogen) atoms. The second-order valence-electron chi connectivity index (χ2n) is 3.83. The van der Waals surface area contributed by atoms with Crippen molar-refractivity contribution in [3.05, 3.63) is 22.7 Å². The first-order valence-corrected chi connectivity index (χ1v) is 5.05. The van der Waals surface area contributed by atoms with Gasteiger partial charge in [0.25, 0.3) is 0 Å². The highest BCUT2D eigenvalue weighted by atomic mass is 16.6. The average Bonchev–Trinajstić information content (AvgIpc) is 2.57. The maximum atomic E-state index is 11.6. The molecule has 8 heteroatoms. The minimum absolute atomic E-state index is 0.00710. The second kappa shape index (κ2) is 4.41. The molecule has 4 N–H and O–H groups in total. The number of ether oxygens (including phenoxy) is 1. The molecule has 0 amide bonds. The van der Waals surface area contributed by atoms with Crippen molar-refractivity contribution >= 4 is 5.82 Å². The van der Waals surface area contributed by atoms with Crippen LogP contribution in [0.1, 0.15) is 13.2 Å². The van der Waals surface area contributed by atoms with Gasteiger partial charge in [-0.1, -0.05) is 0 Å². The summed E-state index contributed by atoms with van der Waals surface area (Å²) < 4.78 is 6.32. The second-order valence-corrected chi connectivity index (χ2v) is 3.83. The standard InChI is InChI=1S/C9H13N3O5/c1-4-6(13)7(14)8(17-4)12-3-2-5(11-16)10-9(12)15/h2-4,6-8,13-14,16H,1H3,(H,10,11,15)/t4-,6?,7+,8-/m1/s1. The van der Waals surface area contributed by atoms with Gasteiger partial charge >= 0.3 is 5.69 Å². The van der Waals surface area contributed by atoms with E-state index in [4.69, 9.17) is 9.94 Å². The van der Waals surface area contributed by atoms with Crippen LogP contribution in [0.5, 0.6) is 0 Å². The molecule has 1 saturated heterocycles. The Bertz CT molecular complexity index is 462. The zero-order chi connectivity index (χ0) is 12.6. The normalized spacial score (nSPS) is 32.7. The molecule has 1 unspecified atom stereocenters. The number of anilines is 1. The first-order chi connectivity index (χ1) is 8.04. The van der Waals surface area contributed by atoms with Crippen molar-refractivity contribution in [2.45, 2.75) is 31.5 Å². The molecule has 1 fully saturated rings. The van der Waals surface area contributed by atoms with Crippen molar-refractivity contribution in [2.24, 2.45) is 0 Å². The van der Waals surface area contributed by atoms with Gasteiger partial charge in [-0.2, -0.15) is 4.98 Å². The third-order valence-corrected chi connectivity index (χ3v) is 2.70. The Morgan fingerprint density at radius 2 is 2.18 bits per heavy atom. The van der Waals surface area contributed by atoms with Crippen LogP contribution in [0.15, 0.2) is 17.1 Å². The van der Waals surface area contributed by atoms with Crippen LogP contribution in [0.3, 0.4) is 0 Å². The highest BCUT2D eigenvalue weighted by molar-refractivity contribution is 5.28. The van der Waals surface area contributed by atoms with Gasteiger partial charge in [-0.15, -0.1) is 0 Å². The van der Waals surface area contributed by atoms with Crippen LogP contribution in [0, 0.1) is 0 Å².